The Kier molecular flexibility index (Phi) is 5.71. The van der Waals surface area contributed by atoms with Crippen LogP contribution >= 0.6 is 0 Å². The summed E-state index contributed by atoms with van der Waals surface area (Å²) in [4.78, 5) is 46.8. The molecule has 0 heterocycles. The Morgan fingerprint density at radius 2 is 1.84 bits per heavy atom. The molecule has 1 atom stereocenters. The minimum atomic E-state index is -4.52. The monoisotopic (exact) mass is 355 g/mol. The molecule has 1 fully saturated rings. The highest BCUT2D eigenvalue weighted by atomic mass is 19.4. The van der Waals surface area contributed by atoms with Crippen LogP contribution in [0.3, 0.4) is 0 Å². The molecule has 0 radical (unpaired) electrons. The lowest BCUT2D eigenvalue weighted by Gasteiger charge is -2.18. The van der Waals surface area contributed by atoms with Crippen LogP contribution in [0.15, 0.2) is 24.3 Å². The van der Waals surface area contributed by atoms with Crippen LogP contribution in [0.1, 0.15) is 37.7 Å². The molecule has 1 aliphatic carbocycles. The van der Waals surface area contributed by atoms with Crippen molar-refractivity contribution in [1.82, 2.24) is 0 Å². The van der Waals surface area contributed by atoms with Crippen LogP contribution in [0.4, 0.5) is 18.9 Å². The van der Waals surface area contributed by atoms with Gasteiger partial charge in [-0.1, -0.05) is 6.07 Å². The van der Waals surface area contributed by atoms with Crippen molar-refractivity contribution in [1.29, 1.82) is 0 Å². The van der Waals surface area contributed by atoms with Crippen molar-refractivity contribution in [3.63, 3.8) is 0 Å². The van der Waals surface area contributed by atoms with Crippen LogP contribution in [0.25, 0.3) is 0 Å². The standard InChI is InChI=1S/C17H16F3NO4/c18-17(19,20)10-2-1-3-11(8-10)21-16(25)7-6-15(24)13-9-12(22)4-5-14(13)23/h1-3,8,13H,4-7,9H2,(H,21,25)/t13-/m0/s1. The first-order chi connectivity index (χ1) is 11.7. The first-order valence-corrected chi connectivity index (χ1v) is 7.71. The third kappa shape index (κ3) is 5.23. The predicted molar refractivity (Wildman–Crippen MR) is 81.7 cm³/mol. The van der Waals surface area contributed by atoms with Crippen molar-refractivity contribution in [2.45, 2.75) is 38.3 Å². The molecule has 8 heteroatoms. The Morgan fingerprint density at radius 1 is 1.12 bits per heavy atom. The van der Waals surface area contributed by atoms with Crippen molar-refractivity contribution < 1.29 is 32.3 Å². The highest BCUT2D eigenvalue weighted by Gasteiger charge is 2.33. The number of rotatable bonds is 5. The number of halogens is 3. The van der Waals surface area contributed by atoms with E-state index in [-0.39, 0.29) is 49.4 Å². The first-order valence-electron chi connectivity index (χ1n) is 7.71. The van der Waals surface area contributed by atoms with Crippen LogP contribution < -0.4 is 5.32 Å². The lowest BCUT2D eigenvalue weighted by Crippen LogP contribution is -2.31. The fourth-order valence-corrected chi connectivity index (χ4v) is 2.58. The van der Waals surface area contributed by atoms with Gasteiger partial charge in [-0.15, -0.1) is 0 Å². The number of hydrogen-bond acceptors (Lipinski definition) is 4. The minimum Gasteiger partial charge on any atom is -0.326 e. The van der Waals surface area contributed by atoms with Gasteiger partial charge < -0.3 is 5.32 Å². The number of alkyl halides is 3. The molecule has 0 aromatic heterocycles. The molecule has 0 bridgehead atoms. The highest BCUT2D eigenvalue weighted by molar-refractivity contribution is 6.09. The molecular weight excluding hydrogens is 339 g/mol. The quantitative estimate of drug-likeness (QED) is 0.824. The third-order valence-corrected chi connectivity index (χ3v) is 3.93. The normalized spacial score (nSPS) is 18.1. The van der Waals surface area contributed by atoms with Crippen molar-refractivity contribution in [2.24, 2.45) is 5.92 Å². The van der Waals surface area contributed by atoms with E-state index in [2.05, 4.69) is 5.32 Å². The summed E-state index contributed by atoms with van der Waals surface area (Å²) < 4.78 is 37.8. The average Bonchev–Trinajstić information content (AvgIpc) is 2.54. The molecule has 1 aromatic carbocycles. The van der Waals surface area contributed by atoms with Gasteiger partial charge in [-0.3, -0.25) is 19.2 Å². The Labute approximate surface area is 141 Å². The van der Waals surface area contributed by atoms with Crippen molar-refractivity contribution in [2.75, 3.05) is 5.32 Å². The van der Waals surface area contributed by atoms with Crippen LogP contribution in [0, 0.1) is 5.92 Å². The topological polar surface area (TPSA) is 80.3 Å². The van der Waals surface area contributed by atoms with Gasteiger partial charge in [0.15, 0.2) is 0 Å². The molecule has 1 amide bonds. The Hall–Kier alpha value is -2.51. The minimum absolute atomic E-state index is 0.0313. The summed E-state index contributed by atoms with van der Waals surface area (Å²) in [5.41, 5.74) is -0.927. The molecule has 0 spiro atoms. The summed E-state index contributed by atoms with van der Waals surface area (Å²) in [5.74, 6) is -2.59. The molecule has 0 unspecified atom stereocenters. The number of ketones is 3. The Morgan fingerprint density at radius 3 is 2.52 bits per heavy atom. The number of benzene rings is 1. The van der Waals surface area contributed by atoms with E-state index in [1.807, 2.05) is 0 Å². The van der Waals surface area contributed by atoms with E-state index in [1.165, 1.54) is 6.07 Å². The number of carbonyl (C=O) groups excluding carboxylic acids is 4. The molecule has 0 saturated heterocycles. The van der Waals surface area contributed by atoms with Crippen LogP contribution in [-0.2, 0) is 25.4 Å². The number of nitrogens with one attached hydrogen (secondary N) is 1. The lowest BCUT2D eigenvalue weighted by molar-refractivity contribution is -0.140. The van der Waals surface area contributed by atoms with E-state index in [9.17, 15) is 32.3 Å². The second kappa shape index (κ2) is 7.58. The molecule has 25 heavy (non-hydrogen) atoms. The zero-order valence-corrected chi connectivity index (χ0v) is 13.2. The molecule has 1 aromatic rings. The van der Waals surface area contributed by atoms with E-state index in [4.69, 9.17) is 0 Å². The second-order valence-electron chi connectivity index (χ2n) is 5.85. The maximum Gasteiger partial charge on any atom is 0.416 e. The SMILES string of the molecule is O=C1CCC(=O)[C@@H](C(=O)CCC(=O)Nc2cccc(C(F)(F)F)c2)C1. The number of hydrogen-bond donors (Lipinski definition) is 1. The van der Waals surface area contributed by atoms with E-state index < -0.39 is 29.3 Å². The van der Waals surface area contributed by atoms with Crippen molar-refractivity contribution >= 4 is 28.9 Å². The number of anilines is 1. The van der Waals surface area contributed by atoms with E-state index in [1.54, 1.807) is 0 Å². The van der Waals surface area contributed by atoms with Crippen LogP contribution in [0.2, 0.25) is 0 Å². The van der Waals surface area contributed by atoms with Crippen molar-refractivity contribution in [3.8, 4) is 0 Å². The molecule has 2 rings (SSSR count). The maximum absolute atomic E-state index is 12.6. The van der Waals surface area contributed by atoms with Gasteiger partial charge in [-0.25, -0.2) is 0 Å². The van der Waals surface area contributed by atoms with Gasteiger partial charge in [0, 0.05) is 37.8 Å². The number of Topliss-reactive ketones (excluding diaryl/α,β-unsaturated/α-hetero) is 3. The van der Waals surface area contributed by atoms with Crippen LogP contribution in [-0.4, -0.2) is 23.3 Å². The largest absolute Gasteiger partial charge is 0.416 e. The fraction of sp³-hybridized carbons (Fsp3) is 0.412. The summed E-state index contributed by atoms with van der Waals surface area (Å²) in [6.45, 7) is 0. The molecular formula is C17H16F3NO4. The lowest BCUT2D eigenvalue weighted by atomic mass is 9.83. The number of amides is 1. The van der Waals surface area contributed by atoms with Crippen molar-refractivity contribution in [3.05, 3.63) is 29.8 Å². The zero-order valence-electron chi connectivity index (χ0n) is 13.2. The summed E-state index contributed by atoms with van der Waals surface area (Å²) >= 11 is 0. The summed E-state index contributed by atoms with van der Waals surface area (Å²) in [6.07, 6.45) is -5.00. The van der Waals surface area contributed by atoms with Gasteiger partial charge >= 0.3 is 6.18 Å². The third-order valence-electron chi connectivity index (χ3n) is 3.93. The maximum atomic E-state index is 12.6. The van der Waals surface area contributed by atoms with E-state index in [0.717, 1.165) is 18.2 Å². The average molecular weight is 355 g/mol. The van der Waals surface area contributed by atoms with Gasteiger partial charge in [0.1, 0.15) is 17.3 Å². The van der Waals surface area contributed by atoms with Gasteiger partial charge in [-0.2, -0.15) is 13.2 Å². The van der Waals surface area contributed by atoms with Crippen LogP contribution in [0.5, 0.6) is 0 Å². The molecule has 0 aliphatic heterocycles. The van der Waals surface area contributed by atoms with Gasteiger partial charge in [0.2, 0.25) is 5.91 Å². The zero-order chi connectivity index (χ0) is 18.6. The smallest absolute Gasteiger partial charge is 0.326 e. The second-order valence-corrected chi connectivity index (χ2v) is 5.85. The molecule has 1 N–H and O–H groups in total. The predicted octanol–water partition coefficient (Wildman–Crippen LogP) is 2.93. The molecule has 5 nitrogen and oxygen atoms in total. The van der Waals surface area contributed by atoms with Gasteiger partial charge in [-0.05, 0) is 18.2 Å². The molecule has 134 valence electrons. The Balaban J connectivity index is 1.89. The highest BCUT2D eigenvalue weighted by Crippen LogP contribution is 2.30. The molecule has 1 aliphatic rings. The summed E-state index contributed by atoms with van der Waals surface area (Å²) in [6, 6.07) is 4.14. The summed E-state index contributed by atoms with van der Waals surface area (Å²) in [5, 5.41) is 2.29. The van der Waals surface area contributed by atoms with E-state index in [0.29, 0.717) is 0 Å². The van der Waals surface area contributed by atoms with Gasteiger partial charge in [0.25, 0.3) is 0 Å². The number of carbonyl (C=O) groups is 4. The Bertz CT molecular complexity index is 712. The summed E-state index contributed by atoms with van der Waals surface area (Å²) in [7, 11) is 0. The van der Waals surface area contributed by atoms with E-state index >= 15 is 0 Å². The van der Waals surface area contributed by atoms with Gasteiger partial charge in [0.05, 0.1) is 11.5 Å². The fourth-order valence-electron chi connectivity index (χ4n) is 2.58. The first kappa shape index (κ1) is 18.8. The molecule has 1 saturated carbocycles.